The van der Waals surface area contributed by atoms with Crippen molar-refractivity contribution in [2.75, 3.05) is 22.4 Å². The van der Waals surface area contributed by atoms with E-state index in [1.165, 1.54) is 16.1 Å². The number of nitrogens with zero attached hydrogens (tertiary/aromatic N) is 2. The summed E-state index contributed by atoms with van der Waals surface area (Å²) in [4.78, 5) is 4.66. The molecule has 0 amide bonds. The molecule has 0 saturated carbocycles. The second kappa shape index (κ2) is 8.10. The first-order valence-corrected chi connectivity index (χ1v) is 11.5. The van der Waals surface area contributed by atoms with Gasteiger partial charge in [0, 0.05) is 17.5 Å². The lowest BCUT2D eigenvalue weighted by Crippen LogP contribution is -2.29. The van der Waals surface area contributed by atoms with E-state index in [2.05, 4.69) is 29.4 Å². The number of benzene rings is 2. The molecule has 5 nitrogen and oxygen atoms in total. The molecule has 1 atom stereocenters. The maximum absolute atomic E-state index is 11.8. The van der Waals surface area contributed by atoms with Gasteiger partial charge >= 0.3 is 0 Å². The van der Waals surface area contributed by atoms with Gasteiger partial charge in [0.25, 0.3) is 0 Å². The van der Waals surface area contributed by atoms with Crippen molar-refractivity contribution in [2.24, 2.45) is 0 Å². The summed E-state index contributed by atoms with van der Waals surface area (Å²) < 4.78 is 25.1. The zero-order valence-electron chi connectivity index (χ0n) is 15.6. The van der Waals surface area contributed by atoms with Gasteiger partial charge < -0.3 is 5.32 Å². The summed E-state index contributed by atoms with van der Waals surface area (Å²) >= 11 is 1.56. The Morgan fingerprint density at radius 3 is 2.37 bits per heavy atom. The highest BCUT2D eigenvalue weighted by Gasteiger charge is 2.15. The Morgan fingerprint density at radius 1 is 1.11 bits per heavy atom. The molecule has 3 rings (SSSR count). The van der Waals surface area contributed by atoms with Gasteiger partial charge in [0.05, 0.1) is 23.7 Å². The van der Waals surface area contributed by atoms with Gasteiger partial charge in [-0.25, -0.2) is 13.4 Å². The molecule has 0 saturated heterocycles. The highest BCUT2D eigenvalue weighted by atomic mass is 32.2. The third kappa shape index (κ3) is 4.67. The van der Waals surface area contributed by atoms with Crippen molar-refractivity contribution < 1.29 is 8.42 Å². The topological polar surface area (TPSA) is 62.3 Å². The van der Waals surface area contributed by atoms with Crippen molar-refractivity contribution in [1.82, 2.24) is 4.98 Å². The number of anilines is 2. The van der Waals surface area contributed by atoms with E-state index in [9.17, 15) is 8.42 Å². The van der Waals surface area contributed by atoms with Gasteiger partial charge in [0.1, 0.15) is 0 Å². The van der Waals surface area contributed by atoms with Crippen molar-refractivity contribution in [3.8, 4) is 11.3 Å². The van der Waals surface area contributed by atoms with Crippen LogP contribution in [0.15, 0.2) is 60.0 Å². The van der Waals surface area contributed by atoms with Crippen molar-refractivity contribution in [3.05, 3.63) is 65.5 Å². The number of nitrogens with one attached hydrogen (secondary N) is 1. The highest BCUT2D eigenvalue weighted by Crippen LogP contribution is 2.29. The van der Waals surface area contributed by atoms with Gasteiger partial charge in [-0.05, 0) is 31.5 Å². The van der Waals surface area contributed by atoms with Gasteiger partial charge in [0.2, 0.25) is 10.0 Å². The molecule has 0 spiro atoms. The van der Waals surface area contributed by atoms with Crippen molar-refractivity contribution in [2.45, 2.75) is 19.9 Å². The third-order valence-corrected chi connectivity index (χ3v) is 6.33. The molecule has 7 heteroatoms. The van der Waals surface area contributed by atoms with Crippen LogP contribution in [0.25, 0.3) is 11.3 Å². The van der Waals surface area contributed by atoms with Crippen LogP contribution in [0.3, 0.4) is 0 Å². The predicted octanol–water partition coefficient (Wildman–Crippen LogP) is 4.77. The lowest BCUT2D eigenvalue weighted by molar-refractivity contribution is 0.598. The molecule has 0 aliphatic carbocycles. The number of thiazole rings is 1. The van der Waals surface area contributed by atoms with Crippen LogP contribution in [0, 0.1) is 0 Å². The third-order valence-electron chi connectivity index (χ3n) is 4.28. The lowest BCUT2D eigenvalue weighted by atomic mass is 10.1. The summed E-state index contributed by atoms with van der Waals surface area (Å²) in [7, 11) is -3.27. The number of hydrogen-bond acceptors (Lipinski definition) is 5. The molecule has 2 aromatic carbocycles. The molecular weight excluding hydrogens is 378 g/mol. The first-order chi connectivity index (χ1) is 12.9. The number of sulfonamides is 1. The summed E-state index contributed by atoms with van der Waals surface area (Å²) in [5, 5.41) is 6.29. The van der Waals surface area contributed by atoms with Crippen LogP contribution >= 0.6 is 11.3 Å². The van der Waals surface area contributed by atoms with E-state index in [1.54, 1.807) is 11.3 Å². The summed E-state index contributed by atoms with van der Waals surface area (Å²) in [5.74, 6) is 0. The Labute approximate surface area is 164 Å². The molecule has 1 aromatic heterocycles. The first kappa shape index (κ1) is 19.4. The summed E-state index contributed by atoms with van der Waals surface area (Å²) in [5.41, 5.74) is 3.70. The van der Waals surface area contributed by atoms with Gasteiger partial charge in [-0.15, -0.1) is 11.3 Å². The average molecular weight is 402 g/mol. The van der Waals surface area contributed by atoms with Crippen molar-refractivity contribution in [1.29, 1.82) is 0 Å². The first-order valence-electron chi connectivity index (χ1n) is 8.73. The smallest absolute Gasteiger partial charge is 0.232 e. The summed E-state index contributed by atoms with van der Waals surface area (Å²) in [6.45, 7) is 4.33. The SMILES string of the molecule is CCN(c1ccc(-c2csc(N[C@@H](C)c3ccccc3)n2)cc1)S(C)(=O)=O. The van der Waals surface area contributed by atoms with Crippen LogP contribution in [0.4, 0.5) is 10.8 Å². The molecule has 142 valence electrons. The Balaban J connectivity index is 1.75. The quantitative estimate of drug-likeness (QED) is 0.619. The van der Waals surface area contributed by atoms with Crippen molar-refractivity contribution in [3.63, 3.8) is 0 Å². The molecule has 0 unspecified atom stereocenters. The van der Waals surface area contributed by atoms with Gasteiger partial charge in [-0.1, -0.05) is 42.5 Å². The Hall–Kier alpha value is -2.38. The summed E-state index contributed by atoms with van der Waals surface area (Å²) in [6.07, 6.45) is 1.22. The second-order valence-electron chi connectivity index (χ2n) is 6.29. The van der Waals surface area contributed by atoms with Crippen LogP contribution in [0.2, 0.25) is 0 Å². The van der Waals surface area contributed by atoms with Crippen molar-refractivity contribution >= 4 is 32.2 Å². The Kier molecular flexibility index (Phi) is 5.82. The number of aromatic nitrogens is 1. The van der Waals surface area contributed by atoms with Crippen LogP contribution in [-0.4, -0.2) is 26.2 Å². The largest absolute Gasteiger partial charge is 0.355 e. The van der Waals surface area contributed by atoms with Gasteiger partial charge in [0.15, 0.2) is 5.13 Å². The molecule has 1 N–H and O–H groups in total. The minimum atomic E-state index is -3.27. The molecule has 1 heterocycles. The zero-order valence-corrected chi connectivity index (χ0v) is 17.2. The second-order valence-corrected chi connectivity index (χ2v) is 9.05. The molecule has 0 aliphatic rings. The number of hydrogen-bond donors (Lipinski definition) is 1. The molecule has 0 bridgehead atoms. The minimum Gasteiger partial charge on any atom is -0.355 e. The van der Waals surface area contributed by atoms with E-state index in [4.69, 9.17) is 0 Å². The summed E-state index contributed by atoms with van der Waals surface area (Å²) in [6, 6.07) is 17.9. The molecule has 3 aromatic rings. The fraction of sp³-hybridized carbons (Fsp3) is 0.250. The fourth-order valence-corrected chi connectivity index (χ4v) is 4.67. The Bertz CT molecular complexity index is 984. The molecular formula is C20H23N3O2S2. The van der Waals surface area contributed by atoms with Gasteiger partial charge in [-0.3, -0.25) is 4.31 Å². The van der Waals surface area contributed by atoms with Crippen LogP contribution in [0.1, 0.15) is 25.5 Å². The standard InChI is InChI=1S/C20H23N3O2S2/c1-4-23(27(3,24)25)18-12-10-17(11-13-18)19-14-26-20(22-19)21-15(2)16-8-6-5-7-9-16/h5-15H,4H2,1-3H3,(H,21,22)/t15-/m0/s1. The van der Waals surface area contributed by atoms with Crippen LogP contribution in [0.5, 0.6) is 0 Å². The van der Waals surface area contributed by atoms with E-state index in [-0.39, 0.29) is 6.04 Å². The van der Waals surface area contributed by atoms with Crippen LogP contribution in [-0.2, 0) is 10.0 Å². The van der Waals surface area contributed by atoms with E-state index >= 15 is 0 Å². The van der Waals surface area contributed by atoms with Crippen LogP contribution < -0.4 is 9.62 Å². The molecule has 0 fully saturated rings. The molecule has 27 heavy (non-hydrogen) atoms. The monoisotopic (exact) mass is 401 g/mol. The molecule has 0 radical (unpaired) electrons. The normalized spacial score (nSPS) is 12.6. The molecule has 0 aliphatic heterocycles. The maximum atomic E-state index is 11.8. The van der Waals surface area contributed by atoms with E-state index in [1.807, 2.05) is 54.8 Å². The number of rotatable bonds is 7. The minimum absolute atomic E-state index is 0.167. The maximum Gasteiger partial charge on any atom is 0.232 e. The van der Waals surface area contributed by atoms with E-state index in [0.717, 1.165) is 16.4 Å². The Morgan fingerprint density at radius 2 is 1.78 bits per heavy atom. The lowest BCUT2D eigenvalue weighted by Gasteiger charge is -2.20. The average Bonchev–Trinajstić information content (AvgIpc) is 3.11. The van der Waals surface area contributed by atoms with E-state index in [0.29, 0.717) is 12.2 Å². The van der Waals surface area contributed by atoms with Gasteiger partial charge in [-0.2, -0.15) is 0 Å². The van der Waals surface area contributed by atoms with E-state index < -0.39 is 10.0 Å². The zero-order chi connectivity index (χ0) is 19.4. The fourth-order valence-electron chi connectivity index (χ4n) is 2.89. The predicted molar refractivity (Wildman–Crippen MR) is 114 cm³/mol. The highest BCUT2D eigenvalue weighted by molar-refractivity contribution is 7.92.